The second kappa shape index (κ2) is 7.46. The predicted octanol–water partition coefficient (Wildman–Crippen LogP) is 2.36. The van der Waals surface area contributed by atoms with Crippen LogP contribution >= 0.6 is 22.7 Å². The predicted molar refractivity (Wildman–Crippen MR) is 88.0 cm³/mol. The normalized spacial score (nSPS) is 10.7. The van der Waals surface area contributed by atoms with Crippen molar-refractivity contribution >= 4 is 39.6 Å². The molecule has 2 heterocycles. The van der Waals surface area contributed by atoms with Crippen LogP contribution in [0.3, 0.4) is 0 Å². The minimum absolute atomic E-state index is 0.304. The molecule has 0 saturated carbocycles. The van der Waals surface area contributed by atoms with Crippen LogP contribution in [0.5, 0.6) is 0 Å². The van der Waals surface area contributed by atoms with E-state index in [4.69, 9.17) is 0 Å². The second-order valence-electron chi connectivity index (χ2n) is 5.23. The van der Waals surface area contributed by atoms with E-state index in [0.717, 1.165) is 21.2 Å². The van der Waals surface area contributed by atoms with Crippen molar-refractivity contribution in [3.8, 4) is 0 Å². The number of amides is 2. The van der Waals surface area contributed by atoms with Crippen molar-refractivity contribution in [2.45, 2.75) is 33.7 Å². The number of hydrogen-bond acceptors (Lipinski definition) is 6. The van der Waals surface area contributed by atoms with Crippen LogP contribution in [0, 0.1) is 12.8 Å². The molecule has 0 atom stereocenters. The van der Waals surface area contributed by atoms with Crippen molar-refractivity contribution < 1.29 is 9.59 Å². The first-order valence-corrected chi connectivity index (χ1v) is 8.52. The van der Waals surface area contributed by atoms with Gasteiger partial charge in [-0.2, -0.15) is 0 Å². The van der Waals surface area contributed by atoms with Crippen LogP contribution in [0.4, 0.5) is 5.13 Å². The molecule has 0 bridgehead atoms. The minimum Gasteiger partial charge on any atom is -0.343 e. The van der Waals surface area contributed by atoms with E-state index in [0.29, 0.717) is 17.6 Å². The zero-order valence-corrected chi connectivity index (χ0v) is 14.3. The zero-order chi connectivity index (χ0) is 16.1. The maximum Gasteiger partial charge on any atom is 0.315 e. The molecule has 2 rings (SSSR count). The molecule has 0 aromatic carbocycles. The summed E-state index contributed by atoms with van der Waals surface area (Å²) in [4.78, 5) is 33.7. The monoisotopic (exact) mass is 338 g/mol. The van der Waals surface area contributed by atoms with E-state index in [-0.39, 0.29) is 0 Å². The minimum atomic E-state index is -0.707. The summed E-state index contributed by atoms with van der Waals surface area (Å²) in [7, 11) is 0. The topological polar surface area (TPSA) is 84.0 Å². The average Bonchev–Trinajstić information content (AvgIpc) is 3.04. The van der Waals surface area contributed by atoms with Gasteiger partial charge in [0, 0.05) is 28.6 Å². The number of carbonyl (C=O) groups is 2. The van der Waals surface area contributed by atoms with Crippen LogP contribution < -0.4 is 10.6 Å². The molecule has 118 valence electrons. The maximum atomic E-state index is 11.8. The van der Waals surface area contributed by atoms with Crippen molar-refractivity contribution in [3.05, 3.63) is 27.2 Å². The van der Waals surface area contributed by atoms with E-state index in [2.05, 4.69) is 34.4 Å². The van der Waals surface area contributed by atoms with Crippen molar-refractivity contribution in [3.63, 3.8) is 0 Å². The molecule has 0 aliphatic rings. The summed E-state index contributed by atoms with van der Waals surface area (Å²) in [6.45, 7) is 6.45. The van der Waals surface area contributed by atoms with Gasteiger partial charge < -0.3 is 5.32 Å². The summed E-state index contributed by atoms with van der Waals surface area (Å²) in [6.07, 6.45) is 4.30. The highest BCUT2D eigenvalue weighted by Gasteiger charge is 2.15. The van der Waals surface area contributed by atoms with Gasteiger partial charge in [0.2, 0.25) is 0 Å². The van der Waals surface area contributed by atoms with Gasteiger partial charge in [-0.05, 0) is 12.8 Å². The molecule has 2 aromatic heterocycles. The van der Waals surface area contributed by atoms with Gasteiger partial charge in [-0.3, -0.25) is 14.9 Å². The highest BCUT2D eigenvalue weighted by atomic mass is 32.1. The summed E-state index contributed by atoms with van der Waals surface area (Å²) in [5, 5.41) is 6.53. The molecule has 0 aliphatic carbocycles. The number of aromatic nitrogens is 2. The van der Waals surface area contributed by atoms with Gasteiger partial charge >= 0.3 is 11.8 Å². The first kappa shape index (κ1) is 16.6. The lowest BCUT2D eigenvalue weighted by molar-refractivity contribution is -0.136. The fourth-order valence-electron chi connectivity index (χ4n) is 1.69. The molecule has 6 nitrogen and oxygen atoms in total. The summed E-state index contributed by atoms with van der Waals surface area (Å²) in [5.74, 6) is -0.839. The SMILES string of the molecule is Cc1cnc(NC(=O)C(=O)NCc2cnc(CC(C)C)s2)s1. The molecule has 8 heteroatoms. The lowest BCUT2D eigenvalue weighted by atomic mass is 10.1. The molecule has 0 radical (unpaired) electrons. The van der Waals surface area contributed by atoms with Gasteiger partial charge in [0.1, 0.15) is 0 Å². The van der Waals surface area contributed by atoms with E-state index in [1.54, 1.807) is 23.7 Å². The van der Waals surface area contributed by atoms with Crippen LogP contribution in [0.25, 0.3) is 0 Å². The van der Waals surface area contributed by atoms with Gasteiger partial charge in [0.15, 0.2) is 5.13 Å². The molecule has 2 N–H and O–H groups in total. The Bertz CT molecular complexity index is 663. The average molecular weight is 338 g/mol. The first-order chi connectivity index (χ1) is 10.4. The zero-order valence-electron chi connectivity index (χ0n) is 12.7. The van der Waals surface area contributed by atoms with E-state index in [1.807, 2.05) is 6.92 Å². The Morgan fingerprint density at radius 2 is 1.95 bits per heavy atom. The first-order valence-electron chi connectivity index (χ1n) is 6.89. The summed E-state index contributed by atoms with van der Waals surface area (Å²) in [5.41, 5.74) is 0. The van der Waals surface area contributed by atoms with Gasteiger partial charge in [-0.15, -0.1) is 22.7 Å². The van der Waals surface area contributed by atoms with Crippen molar-refractivity contribution in [2.75, 3.05) is 5.32 Å². The van der Waals surface area contributed by atoms with E-state index in [1.165, 1.54) is 11.3 Å². The van der Waals surface area contributed by atoms with Crippen LogP contribution in [-0.2, 0) is 22.6 Å². The highest BCUT2D eigenvalue weighted by molar-refractivity contribution is 7.15. The summed E-state index contributed by atoms with van der Waals surface area (Å²) < 4.78 is 0. The number of rotatable bonds is 5. The van der Waals surface area contributed by atoms with E-state index >= 15 is 0 Å². The van der Waals surface area contributed by atoms with Crippen LogP contribution in [0.2, 0.25) is 0 Å². The molecule has 0 saturated heterocycles. The molecule has 22 heavy (non-hydrogen) atoms. The lowest BCUT2D eigenvalue weighted by Gasteiger charge is -2.03. The van der Waals surface area contributed by atoms with Crippen molar-refractivity contribution in [1.82, 2.24) is 15.3 Å². The number of hydrogen-bond donors (Lipinski definition) is 2. The van der Waals surface area contributed by atoms with Crippen LogP contribution in [-0.4, -0.2) is 21.8 Å². The van der Waals surface area contributed by atoms with Crippen molar-refractivity contribution in [1.29, 1.82) is 0 Å². The molecule has 0 unspecified atom stereocenters. The summed E-state index contributed by atoms with van der Waals surface area (Å²) in [6, 6.07) is 0. The molecular weight excluding hydrogens is 320 g/mol. The molecule has 0 spiro atoms. The standard InChI is InChI=1S/C14H18N4O2S2/c1-8(2)4-11-15-6-10(22-11)7-16-12(19)13(20)18-14-17-5-9(3)21-14/h5-6,8H,4,7H2,1-3H3,(H,16,19)(H,17,18,20). The van der Waals surface area contributed by atoms with Crippen molar-refractivity contribution in [2.24, 2.45) is 5.92 Å². The van der Waals surface area contributed by atoms with Gasteiger partial charge in [-0.25, -0.2) is 9.97 Å². The third-order valence-electron chi connectivity index (χ3n) is 2.66. The van der Waals surface area contributed by atoms with Gasteiger partial charge in [0.05, 0.1) is 11.6 Å². The number of nitrogens with zero attached hydrogens (tertiary/aromatic N) is 2. The number of nitrogens with one attached hydrogen (secondary N) is 2. The quantitative estimate of drug-likeness (QED) is 0.820. The molecule has 2 amide bonds. The fraction of sp³-hybridized carbons (Fsp3) is 0.429. The summed E-state index contributed by atoms with van der Waals surface area (Å²) >= 11 is 2.88. The number of aryl methyl sites for hydroxylation is 1. The maximum absolute atomic E-state index is 11.8. The largest absolute Gasteiger partial charge is 0.343 e. The Balaban J connectivity index is 1.81. The van der Waals surface area contributed by atoms with E-state index < -0.39 is 11.8 Å². The van der Waals surface area contributed by atoms with Gasteiger partial charge in [-0.1, -0.05) is 13.8 Å². The molecular formula is C14H18N4O2S2. The highest BCUT2D eigenvalue weighted by Crippen LogP contribution is 2.17. The lowest BCUT2D eigenvalue weighted by Crippen LogP contribution is -2.34. The number of anilines is 1. The Hall–Kier alpha value is -1.80. The number of carbonyl (C=O) groups excluding carboxylic acids is 2. The number of thiazole rings is 2. The molecule has 2 aromatic rings. The Labute approximate surface area is 137 Å². The Morgan fingerprint density at radius 3 is 2.59 bits per heavy atom. The van der Waals surface area contributed by atoms with Crippen LogP contribution in [0.15, 0.2) is 12.4 Å². The smallest absolute Gasteiger partial charge is 0.315 e. The molecule has 0 aliphatic heterocycles. The fourth-order valence-corrected chi connectivity index (χ4v) is 3.42. The second-order valence-corrected chi connectivity index (χ2v) is 7.67. The van der Waals surface area contributed by atoms with E-state index in [9.17, 15) is 9.59 Å². The Morgan fingerprint density at radius 1 is 1.18 bits per heavy atom. The molecule has 0 fully saturated rings. The Kier molecular flexibility index (Phi) is 5.62. The van der Waals surface area contributed by atoms with Crippen LogP contribution in [0.1, 0.15) is 28.6 Å². The third-order valence-corrected chi connectivity index (χ3v) is 4.50. The van der Waals surface area contributed by atoms with Gasteiger partial charge in [0.25, 0.3) is 0 Å². The third kappa shape index (κ3) is 4.88.